The third-order valence-electron chi connectivity index (χ3n) is 2.85. The van der Waals surface area contributed by atoms with Crippen molar-refractivity contribution in [2.24, 2.45) is 5.84 Å². The second-order valence-electron chi connectivity index (χ2n) is 4.06. The fraction of sp³-hybridized carbons (Fsp3) is 0.538. The first-order chi connectivity index (χ1) is 8.13. The van der Waals surface area contributed by atoms with Gasteiger partial charge in [0.15, 0.2) is 0 Å². The molecule has 3 N–H and O–H groups in total. The third kappa shape index (κ3) is 3.63. The number of ether oxygens (including phenoxy) is 1. The zero-order valence-electron chi connectivity index (χ0n) is 11.0. The molecule has 3 nitrogen and oxygen atoms in total. The number of aryl methyl sites for hydroxylation is 2. The predicted molar refractivity (Wildman–Crippen MR) is 75.5 cm³/mol. The van der Waals surface area contributed by atoms with Gasteiger partial charge in [0.05, 0.1) is 13.2 Å². The molecule has 1 atom stereocenters. The Balaban J connectivity index is 2.99. The van der Waals surface area contributed by atoms with Crippen LogP contribution in [-0.2, 0) is 0 Å². The van der Waals surface area contributed by atoms with E-state index in [2.05, 4.69) is 38.3 Å². The number of hydrogen-bond donors (Lipinski definition) is 2. The largest absolute Gasteiger partial charge is 0.496 e. The molecule has 1 aromatic rings. The van der Waals surface area contributed by atoms with Gasteiger partial charge in [0.25, 0.3) is 0 Å². The second kappa shape index (κ2) is 6.89. The Hall–Kier alpha value is -0.710. The topological polar surface area (TPSA) is 47.3 Å². The van der Waals surface area contributed by atoms with Crippen molar-refractivity contribution in [3.63, 3.8) is 0 Å². The number of thioether (sulfide) groups is 1. The maximum Gasteiger partial charge on any atom is 0.122 e. The van der Waals surface area contributed by atoms with Crippen molar-refractivity contribution in [3.8, 4) is 5.75 Å². The zero-order valence-corrected chi connectivity index (χ0v) is 11.9. The Kier molecular flexibility index (Phi) is 5.82. The van der Waals surface area contributed by atoms with Crippen molar-refractivity contribution < 1.29 is 4.74 Å². The van der Waals surface area contributed by atoms with Crippen LogP contribution in [-0.4, -0.2) is 18.6 Å². The normalized spacial score (nSPS) is 12.5. The standard InChI is InChI=1S/C13H22N2OS/c1-5-17-8-12(15-14)11-6-10(3)13(16-4)7-9(11)2/h6-7,12,15H,5,8,14H2,1-4H3. The lowest BCUT2D eigenvalue weighted by Gasteiger charge is -2.19. The lowest BCUT2D eigenvalue weighted by molar-refractivity contribution is 0.411. The van der Waals surface area contributed by atoms with Crippen LogP contribution < -0.4 is 16.0 Å². The first-order valence-electron chi connectivity index (χ1n) is 5.83. The summed E-state index contributed by atoms with van der Waals surface area (Å²) in [7, 11) is 1.70. The van der Waals surface area contributed by atoms with E-state index in [0.717, 1.165) is 22.8 Å². The molecule has 96 valence electrons. The van der Waals surface area contributed by atoms with E-state index >= 15 is 0 Å². The van der Waals surface area contributed by atoms with Crippen molar-refractivity contribution in [2.45, 2.75) is 26.8 Å². The van der Waals surface area contributed by atoms with Gasteiger partial charge in [-0.3, -0.25) is 11.3 Å². The fourth-order valence-electron chi connectivity index (χ4n) is 1.87. The van der Waals surface area contributed by atoms with E-state index in [1.54, 1.807) is 7.11 Å². The van der Waals surface area contributed by atoms with Gasteiger partial charge >= 0.3 is 0 Å². The highest BCUT2D eigenvalue weighted by molar-refractivity contribution is 7.99. The number of nitrogens with one attached hydrogen (secondary N) is 1. The lowest BCUT2D eigenvalue weighted by Crippen LogP contribution is -2.30. The SMILES string of the molecule is CCSCC(NN)c1cc(C)c(OC)cc1C. The van der Waals surface area contributed by atoms with Crippen molar-refractivity contribution in [1.82, 2.24) is 5.43 Å². The molecule has 0 aliphatic rings. The quantitative estimate of drug-likeness (QED) is 0.605. The van der Waals surface area contributed by atoms with Crippen LogP contribution >= 0.6 is 11.8 Å². The molecule has 0 saturated heterocycles. The van der Waals surface area contributed by atoms with Gasteiger partial charge in [-0.05, 0) is 42.4 Å². The Morgan fingerprint density at radius 3 is 2.59 bits per heavy atom. The maximum atomic E-state index is 5.64. The summed E-state index contributed by atoms with van der Waals surface area (Å²) in [6.07, 6.45) is 0. The molecular formula is C13H22N2OS. The Labute approximate surface area is 108 Å². The smallest absolute Gasteiger partial charge is 0.122 e. The molecular weight excluding hydrogens is 232 g/mol. The van der Waals surface area contributed by atoms with E-state index in [-0.39, 0.29) is 6.04 Å². The third-order valence-corrected chi connectivity index (χ3v) is 3.83. The molecule has 0 aliphatic heterocycles. The first kappa shape index (κ1) is 14.4. The van der Waals surface area contributed by atoms with E-state index in [1.807, 2.05) is 11.8 Å². The molecule has 1 rings (SSSR count). The summed E-state index contributed by atoms with van der Waals surface area (Å²) >= 11 is 1.89. The number of nitrogens with two attached hydrogens (primary N) is 1. The van der Waals surface area contributed by atoms with E-state index in [4.69, 9.17) is 10.6 Å². The Morgan fingerprint density at radius 2 is 2.06 bits per heavy atom. The van der Waals surface area contributed by atoms with Crippen LogP contribution in [0.2, 0.25) is 0 Å². The molecule has 1 aromatic carbocycles. The van der Waals surface area contributed by atoms with E-state index < -0.39 is 0 Å². The van der Waals surface area contributed by atoms with Gasteiger partial charge in [-0.25, -0.2) is 0 Å². The second-order valence-corrected chi connectivity index (χ2v) is 5.38. The molecule has 0 fully saturated rings. The minimum Gasteiger partial charge on any atom is -0.496 e. The summed E-state index contributed by atoms with van der Waals surface area (Å²) in [5.74, 6) is 8.67. The molecule has 0 aromatic heterocycles. The minimum atomic E-state index is 0.199. The molecule has 0 bridgehead atoms. The molecule has 0 radical (unpaired) electrons. The van der Waals surface area contributed by atoms with Crippen LogP contribution in [0.4, 0.5) is 0 Å². The molecule has 4 heteroatoms. The molecule has 1 unspecified atom stereocenters. The maximum absolute atomic E-state index is 5.64. The highest BCUT2D eigenvalue weighted by atomic mass is 32.2. The van der Waals surface area contributed by atoms with Gasteiger partial charge < -0.3 is 4.74 Å². The van der Waals surface area contributed by atoms with Crippen LogP contribution in [0.5, 0.6) is 5.75 Å². The van der Waals surface area contributed by atoms with Gasteiger partial charge in [0, 0.05) is 5.75 Å². The monoisotopic (exact) mass is 254 g/mol. The Morgan fingerprint density at radius 1 is 1.35 bits per heavy atom. The molecule has 0 heterocycles. The van der Waals surface area contributed by atoms with Gasteiger partial charge in [-0.15, -0.1) is 0 Å². The van der Waals surface area contributed by atoms with Gasteiger partial charge in [0.1, 0.15) is 5.75 Å². The predicted octanol–water partition coefficient (Wildman–Crippen LogP) is 2.57. The van der Waals surface area contributed by atoms with E-state index in [9.17, 15) is 0 Å². The zero-order chi connectivity index (χ0) is 12.8. The summed E-state index contributed by atoms with van der Waals surface area (Å²) in [5.41, 5.74) is 6.52. The van der Waals surface area contributed by atoms with E-state index in [0.29, 0.717) is 0 Å². The van der Waals surface area contributed by atoms with Gasteiger partial charge in [-0.2, -0.15) is 11.8 Å². The molecule has 0 spiro atoms. The van der Waals surface area contributed by atoms with E-state index in [1.165, 1.54) is 11.1 Å². The lowest BCUT2D eigenvalue weighted by atomic mass is 9.99. The number of benzene rings is 1. The van der Waals surface area contributed by atoms with Crippen LogP contribution in [0.3, 0.4) is 0 Å². The van der Waals surface area contributed by atoms with Crippen LogP contribution in [0.1, 0.15) is 29.7 Å². The van der Waals surface area contributed by atoms with Gasteiger partial charge in [0.2, 0.25) is 0 Å². The summed E-state index contributed by atoms with van der Waals surface area (Å²) in [6.45, 7) is 6.31. The number of hydrogen-bond acceptors (Lipinski definition) is 4. The summed E-state index contributed by atoms with van der Waals surface area (Å²) in [6, 6.07) is 4.44. The van der Waals surface area contributed by atoms with Gasteiger partial charge in [-0.1, -0.05) is 13.0 Å². The number of hydrazine groups is 1. The summed E-state index contributed by atoms with van der Waals surface area (Å²) in [4.78, 5) is 0. The van der Waals surface area contributed by atoms with Crippen LogP contribution in [0.25, 0.3) is 0 Å². The van der Waals surface area contributed by atoms with Crippen molar-refractivity contribution >= 4 is 11.8 Å². The Bertz CT molecular complexity index is 369. The highest BCUT2D eigenvalue weighted by Crippen LogP contribution is 2.27. The summed E-state index contributed by atoms with van der Waals surface area (Å²) < 4.78 is 5.32. The minimum absolute atomic E-state index is 0.199. The average Bonchev–Trinajstić information content (AvgIpc) is 2.33. The van der Waals surface area contributed by atoms with Crippen molar-refractivity contribution in [1.29, 1.82) is 0 Å². The van der Waals surface area contributed by atoms with Crippen molar-refractivity contribution in [2.75, 3.05) is 18.6 Å². The molecule has 0 aliphatic carbocycles. The number of rotatable bonds is 6. The summed E-state index contributed by atoms with van der Waals surface area (Å²) in [5, 5.41) is 0. The first-order valence-corrected chi connectivity index (χ1v) is 6.98. The average molecular weight is 254 g/mol. The molecule has 0 saturated carbocycles. The van der Waals surface area contributed by atoms with Crippen LogP contribution in [0, 0.1) is 13.8 Å². The van der Waals surface area contributed by atoms with Crippen LogP contribution in [0.15, 0.2) is 12.1 Å². The molecule has 17 heavy (non-hydrogen) atoms. The molecule has 0 amide bonds. The number of methoxy groups -OCH3 is 1. The van der Waals surface area contributed by atoms with Crippen molar-refractivity contribution in [3.05, 3.63) is 28.8 Å². The highest BCUT2D eigenvalue weighted by Gasteiger charge is 2.14. The fourth-order valence-corrected chi connectivity index (χ4v) is 2.62.